The maximum absolute atomic E-state index is 13.6. The summed E-state index contributed by atoms with van der Waals surface area (Å²) in [6.07, 6.45) is 5.52. The average molecular weight is 443 g/mol. The Hall–Kier alpha value is -4.49. The van der Waals surface area contributed by atoms with Gasteiger partial charge in [-0.3, -0.25) is 4.79 Å². The summed E-state index contributed by atoms with van der Waals surface area (Å²) in [6.45, 7) is 0. The predicted molar refractivity (Wildman–Crippen MR) is 147 cm³/mol. The first-order valence-corrected chi connectivity index (χ1v) is 12.2. The maximum atomic E-state index is 13.6. The Bertz CT molecular complexity index is 2140. The molecule has 1 nitrogen and oxygen atoms in total. The van der Waals surface area contributed by atoms with Crippen LogP contribution in [0.3, 0.4) is 0 Å². The second-order valence-corrected chi connectivity index (χ2v) is 9.90. The van der Waals surface area contributed by atoms with Gasteiger partial charge in [0, 0.05) is 16.5 Å². The first kappa shape index (κ1) is 17.9. The minimum atomic E-state index is 0.128. The first-order valence-electron chi connectivity index (χ1n) is 12.2. The molecule has 35 heavy (non-hydrogen) atoms. The van der Waals surface area contributed by atoms with Crippen LogP contribution in [-0.2, 0) is 6.42 Å². The molecule has 0 spiro atoms. The van der Waals surface area contributed by atoms with Crippen LogP contribution in [0.4, 0.5) is 0 Å². The molecule has 0 saturated heterocycles. The molecule has 0 atom stereocenters. The van der Waals surface area contributed by atoms with Crippen LogP contribution in [0.5, 0.6) is 0 Å². The number of hydrogen-bond donors (Lipinski definition) is 0. The highest BCUT2D eigenvalue weighted by Gasteiger charge is 2.28. The first-order chi connectivity index (χ1) is 17.3. The third-order valence-corrected chi connectivity index (χ3v) is 8.36. The Morgan fingerprint density at radius 1 is 0.457 bits per heavy atom. The summed E-state index contributed by atoms with van der Waals surface area (Å²) in [5.41, 5.74) is 6.56. The van der Waals surface area contributed by atoms with Gasteiger partial charge in [0.25, 0.3) is 0 Å². The highest BCUT2D eigenvalue weighted by molar-refractivity contribution is 6.42. The van der Waals surface area contributed by atoms with Gasteiger partial charge in [0.05, 0.1) is 0 Å². The standard InChI is InChI=1S/C34H18O/c35-34-26-10-4-2-8-20(26)23-14-15-24-25-13-12-18-6-5-11-21-19-7-1-3-9-22(19)31(33(25)29(18)21)27-16-17-28(34)32(23)30(24)27/h1-10,12-17H,11H2. The molecular weight excluding hydrogens is 424 g/mol. The van der Waals surface area contributed by atoms with Gasteiger partial charge >= 0.3 is 0 Å². The molecule has 0 unspecified atom stereocenters. The molecule has 2 aliphatic rings. The van der Waals surface area contributed by atoms with E-state index in [1.165, 1.54) is 59.6 Å². The molecule has 0 fully saturated rings. The number of rotatable bonds is 0. The van der Waals surface area contributed by atoms with Gasteiger partial charge in [-0.25, -0.2) is 0 Å². The van der Waals surface area contributed by atoms with Crippen LogP contribution in [0.15, 0.2) is 91.0 Å². The lowest BCUT2D eigenvalue weighted by Gasteiger charge is -2.25. The summed E-state index contributed by atoms with van der Waals surface area (Å²) in [5, 5.41) is 12.8. The van der Waals surface area contributed by atoms with E-state index in [0.29, 0.717) is 0 Å². The van der Waals surface area contributed by atoms with Crippen molar-refractivity contribution in [2.45, 2.75) is 6.42 Å². The molecular formula is C34H18O. The molecule has 0 bridgehead atoms. The van der Waals surface area contributed by atoms with E-state index in [4.69, 9.17) is 0 Å². The SMILES string of the molecule is O=C1c2ccccc2-c2ccc3c4ccc5c6c(c7ccccc7c(c7ccc1c2c37)c64)CC=C5. The van der Waals surface area contributed by atoms with Crippen molar-refractivity contribution in [3.63, 3.8) is 0 Å². The molecule has 0 heterocycles. The Kier molecular flexibility index (Phi) is 3.04. The molecule has 0 amide bonds. The van der Waals surface area contributed by atoms with Crippen molar-refractivity contribution < 1.29 is 4.79 Å². The molecule has 1 heteroatoms. The van der Waals surface area contributed by atoms with Crippen molar-refractivity contribution >= 4 is 65.7 Å². The lowest BCUT2D eigenvalue weighted by molar-refractivity contribution is 0.104. The van der Waals surface area contributed by atoms with Gasteiger partial charge in [0.2, 0.25) is 0 Å². The van der Waals surface area contributed by atoms with Crippen molar-refractivity contribution in [2.75, 3.05) is 0 Å². The van der Waals surface area contributed by atoms with Crippen molar-refractivity contribution in [1.29, 1.82) is 0 Å². The third-order valence-electron chi connectivity index (χ3n) is 8.36. The summed E-state index contributed by atoms with van der Waals surface area (Å²) in [7, 11) is 0. The molecule has 0 saturated carbocycles. The number of hydrogen-bond acceptors (Lipinski definition) is 1. The average Bonchev–Trinajstić information content (AvgIpc) is 2.92. The number of benzene rings is 7. The van der Waals surface area contributed by atoms with E-state index in [2.05, 4.69) is 78.9 Å². The zero-order chi connectivity index (χ0) is 22.8. The van der Waals surface area contributed by atoms with Crippen molar-refractivity contribution in [3.8, 4) is 11.1 Å². The highest BCUT2D eigenvalue weighted by Crippen LogP contribution is 2.50. The molecule has 7 aromatic rings. The molecule has 0 N–H and O–H groups in total. The molecule has 7 aromatic carbocycles. The van der Waals surface area contributed by atoms with Crippen molar-refractivity contribution in [1.82, 2.24) is 0 Å². The zero-order valence-electron chi connectivity index (χ0n) is 18.9. The van der Waals surface area contributed by atoms with Crippen molar-refractivity contribution in [3.05, 3.63) is 113 Å². The van der Waals surface area contributed by atoms with Crippen LogP contribution in [0.25, 0.3) is 71.1 Å². The number of allylic oxidation sites excluding steroid dienone is 1. The minimum Gasteiger partial charge on any atom is -0.289 e. The molecule has 0 aromatic heterocycles. The molecule has 0 radical (unpaired) electrons. The topological polar surface area (TPSA) is 17.1 Å². The van der Waals surface area contributed by atoms with E-state index in [0.717, 1.165) is 34.1 Å². The summed E-state index contributed by atoms with van der Waals surface area (Å²) in [5.74, 6) is 0.128. The van der Waals surface area contributed by atoms with E-state index < -0.39 is 0 Å². The van der Waals surface area contributed by atoms with Crippen LogP contribution >= 0.6 is 0 Å². The summed E-state index contributed by atoms with van der Waals surface area (Å²) < 4.78 is 0. The van der Waals surface area contributed by atoms with Crippen LogP contribution < -0.4 is 0 Å². The van der Waals surface area contributed by atoms with Gasteiger partial charge in [0.15, 0.2) is 5.78 Å². The van der Waals surface area contributed by atoms with Gasteiger partial charge in [-0.15, -0.1) is 0 Å². The molecule has 2 aliphatic carbocycles. The van der Waals surface area contributed by atoms with E-state index in [1.54, 1.807) is 0 Å². The van der Waals surface area contributed by atoms with Gasteiger partial charge < -0.3 is 0 Å². The molecule has 0 aliphatic heterocycles. The number of ketones is 1. The van der Waals surface area contributed by atoms with E-state index in [-0.39, 0.29) is 5.78 Å². The van der Waals surface area contributed by atoms with Crippen molar-refractivity contribution in [2.24, 2.45) is 0 Å². The summed E-state index contributed by atoms with van der Waals surface area (Å²) in [4.78, 5) is 13.6. The molecule has 9 rings (SSSR count). The fourth-order valence-electron chi connectivity index (χ4n) is 7.00. The van der Waals surface area contributed by atoms with E-state index >= 15 is 0 Å². The lowest BCUT2D eigenvalue weighted by Crippen LogP contribution is -2.10. The Morgan fingerprint density at radius 3 is 2.03 bits per heavy atom. The van der Waals surface area contributed by atoms with Crippen LogP contribution in [0.2, 0.25) is 0 Å². The number of fused-ring (bicyclic) bond motifs is 7. The Balaban J connectivity index is 1.64. The monoisotopic (exact) mass is 442 g/mol. The second-order valence-electron chi connectivity index (χ2n) is 9.90. The van der Waals surface area contributed by atoms with Gasteiger partial charge in [-0.05, 0) is 83.2 Å². The summed E-state index contributed by atoms with van der Waals surface area (Å²) >= 11 is 0. The maximum Gasteiger partial charge on any atom is 0.194 e. The molecule has 160 valence electrons. The largest absolute Gasteiger partial charge is 0.289 e. The van der Waals surface area contributed by atoms with E-state index in [1.807, 2.05) is 18.2 Å². The third kappa shape index (κ3) is 1.97. The number of carbonyl (C=O) groups excluding carboxylic acids is 1. The normalized spacial score (nSPS) is 14.1. The predicted octanol–water partition coefficient (Wildman–Crippen LogP) is 8.67. The Morgan fingerprint density at radius 2 is 1.11 bits per heavy atom. The Labute approximate surface area is 201 Å². The highest BCUT2D eigenvalue weighted by atomic mass is 16.1. The minimum absolute atomic E-state index is 0.128. The summed E-state index contributed by atoms with van der Waals surface area (Å²) in [6, 6.07) is 30.2. The van der Waals surface area contributed by atoms with Gasteiger partial charge in [-0.1, -0.05) is 91.0 Å². The van der Waals surface area contributed by atoms with Gasteiger partial charge in [-0.2, -0.15) is 0 Å². The second kappa shape index (κ2) is 5.95. The van der Waals surface area contributed by atoms with Crippen LogP contribution in [0.1, 0.15) is 27.0 Å². The van der Waals surface area contributed by atoms with Crippen LogP contribution in [-0.4, -0.2) is 5.78 Å². The fraction of sp³-hybridized carbons (Fsp3) is 0.0294. The zero-order valence-corrected chi connectivity index (χ0v) is 18.9. The fourth-order valence-corrected chi connectivity index (χ4v) is 7.00. The van der Waals surface area contributed by atoms with Crippen LogP contribution in [0, 0.1) is 0 Å². The smallest absolute Gasteiger partial charge is 0.194 e. The van der Waals surface area contributed by atoms with Gasteiger partial charge in [0.1, 0.15) is 0 Å². The number of carbonyl (C=O) groups is 1. The van der Waals surface area contributed by atoms with E-state index in [9.17, 15) is 4.79 Å². The lowest BCUT2D eigenvalue weighted by atomic mass is 9.77. The quantitative estimate of drug-likeness (QED) is 0.170.